The fraction of sp³-hybridized carbons (Fsp3) is 0.333. The number of likely N-dealkylation sites (tertiary alicyclic amines) is 1. The van der Waals surface area contributed by atoms with Gasteiger partial charge in [-0.1, -0.05) is 23.7 Å². The first-order valence-corrected chi connectivity index (χ1v) is 13.5. The summed E-state index contributed by atoms with van der Waals surface area (Å²) in [4.78, 5) is 41.5. The maximum Gasteiger partial charge on any atom is 0.416 e. The van der Waals surface area contributed by atoms with Crippen LogP contribution in [0.2, 0.25) is 5.02 Å². The summed E-state index contributed by atoms with van der Waals surface area (Å²) >= 11 is 6.55. The van der Waals surface area contributed by atoms with E-state index in [0.717, 1.165) is 11.0 Å². The number of carbonyl (C=O) groups is 3. The summed E-state index contributed by atoms with van der Waals surface area (Å²) in [6.07, 6.45) is -3.95. The van der Waals surface area contributed by atoms with Crippen molar-refractivity contribution in [3.8, 4) is 0 Å². The van der Waals surface area contributed by atoms with E-state index in [1.165, 1.54) is 17.0 Å². The fourth-order valence-corrected chi connectivity index (χ4v) is 5.75. The summed E-state index contributed by atoms with van der Waals surface area (Å²) in [6, 6.07) is 7.99. The van der Waals surface area contributed by atoms with Gasteiger partial charge in [0.2, 0.25) is 0 Å². The van der Waals surface area contributed by atoms with Gasteiger partial charge in [0, 0.05) is 23.5 Å². The number of hydrogen-bond donors (Lipinski definition) is 1. The first kappa shape index (κ1) is 28.0. The molecule has 3 aromatic rings. The number of aromatic amines is 1. The van der Waals surface area contributed by atoms with Gasteiger partial charge in [0.1, 0.15) is 5.60 Å². The van der Waals surface area contributed by atoms with Crippen molar-refractivity contribution < 1.29 is 32.3 Å². The predicted octanol–water partition coefficient (Wildman–Crippen LogP) is 6.50. The van der Waals surface area contributed by atoms with Crippen molar-refractivity contribution in [1.29, 1.82) is 0 Å². The van der Waals surface area contributed by atoms with Crippen LogP contribution in [-0.2, 0) is 22.1 Å². The number of ether oxygens (including phenoxy) is 1. The van der Waals surface area contributed by atoms with Crippen LogP contribution in [0.1, 0.15) is 37.5 Å². The molecule has 1 N–H and O–H groups in total. The van der Waals surface area contributed by atoms with E-state index in [4.69, 9.17) is 16.3 Å². The number of hydrogen-bond acceptors (Lipinski definition) is 6. The van der Waals surface area contributed by atoms with E-state index < -0.39 is 40.6 Å². The van der Waals surface area contributed by atoms with Crippen LogP contribution in [-0.4, -0.2) is 62.0 Å². The Bertz CT molecular complexity index is 1560. The van der Waals surface area contributed by atoms with Crippen LogP contribution in [0.25, 0.3) is 16.5 Å². The molecule has 0 saturated carbocycles. The molecule has 2 aliphatic rings. The zero-order valence-electron chi connectivity index (χ0n) is 21.6. The Kier molecular flexibility index (Phi) is 7.11. The second kappa shape index (κ2) is 10.2. The second-order valence-corrected chi connectivity index (χ2v) is 11.9. The number of imide groups is 1. The summed E-state index contributed by atoms with van der Waals surface area (Å²) in [5.41, 5.74) is -0.263. The van der Waals surface area contributed by atoms with E-state index >= 15 is 0 Å². The normalized spacial score (nSPS) is 18.0. The van der Waals surface area contributed by atoms with Gasteiger partial charge < -0.3 is 9.64 Å². The Morgan fingerprint density at radius 3 is 2.55 bits per heavy atom. The van der Waals surface area contributed by atoms with Crippen molar-refractivity contribution in [2.75, 3.05) is 13.1 Å². The summed E-state index contributed by atoms with van der Waals surface area (Å²) in [5.74, 6) is -0.617. The molecule has 3 amide bonds. The smallest absolute Gasteiger partial charge is 0.416 e. The van der Waals surface area contributed by atoms with Gasteiger partial charge in [0.25, 0.3) is 11.1 Å². The lowest BCUT2D eigenvalue weighted by molar-refractivity contribution is -0.138. The topological polar surface area (TPSA) is 95.6 Å². The molecule has 0 atom stereocenters. The lowest BCUT2D eigenvalue weighted by Gasteiger charge is -2.42. The third kappa shape index (κ3) is 5.55. The molecule has 3 heterocycles. The van der Waals surface area contributed by atoms with Crippen molar-refractivity contribution in [1.82, 2.24) is 20.0 Å². The minimum absolute atomic E-state index is 0.0339. The van der Waals surface area contributed by atoms with Crippen LogP contribution in [0.3, 0.4) is 0 Å². The van der Waals surface area contributed by atoms with Gasteiger partial charge in [-0.2, -0.15) is 18.3 Å². The SMILES string of the molecule is CC(C)(C)OC(=O)N1CC(N2C(=O)S/C(=C(/Cc3ccc(Cl)cc3C(F)(F)F)c3ccc4[nH]ncc4c3)C2=O)C1. The summed E-state index contributed by atoms with van der Waals surface area (Å²) in [5, 5.41) is 6.86. The highest BCUT2D eigenvalue weighted by Gasteiger charge is 2.47. The number of benzene rings is 2. The van der Waals surface area contributed by atoms with Crippen LogP contribution in [0.15, 0.2) is 47.5 Å². The van der Waals surface area contributed by atoms with Gasteiger partial charge in [0.05, 0.1) is 28.2 Å². The third-order valence-electron chi connectivity index (χ3n) is 6.49. The van der Waals surface area contributed by atoms with Crippen molar-refractivity contribution in [3.05, 3.63) is 69.2 Å². The molecule has 2 saturated heterocycles. The molecular weight excluding hydrogens is 569 g/mol. The average Bonchev–Trinajstić information content (AvgIpc) is 3.40. The van der Waals surface area contributed by atoms with Gasteiger partial charge >= 0.3 is 12.3 Å². The Hall–Kier alpha value is -3.51. The monoisotopic (exact) mass is 592 g/mol. The van der Waals surface area contributed by atoms with Gasteiger partial charge in [-0.3, -0.25) is 19.6 Å². The summed E-state index contributed by atoms with van der Waals surface area (Å²) in [7, 11) is 0. The van der Waals surface area contributed by atoms with Gasteiger partial charge in [-0.25, -0.2) is 4.79 Å². The standard InChI is InChI=1S/C27H24ClF3N4O4S/c1-26(2,3)39-24(37)34-12-18(13-34)35-23(36)22(40-25(35)38)19(14-5-7-21-16(8-14)11-32-33-21)9-15-4-6-17(28)10-20(15)27(29,30)31/h4-8,10-11,18H,9,12-13H2,1-3H3,(H,32,33)/b22-19-. The molecule has 1 aromatic heterocycles. The maximum atomic E-state index is 13.9. The lowest BCUT2D eigenvalue weighted by Crippen LogP contribution is -2.62. The first-order chi connectivity index (χ1) is 18.7. The molecule has 8 nitrogen and oxygen atoms in total. The number of aromatic nitrogens is 2. The molecule has 40 heavy (non-hydrogen) atoms. The number of nitrogens with one attached hydrogen (secondary N) is 1. The van der Waals surface area contributed by atoms with Crippen molar-refractivity contribution >= 4 is 57.1 Å². The van der Waals surface area contributed by atoms with Crippen LogP contribution in [0.4, 0.5) is 22.8 Å². The zero-order valence-corrected chi connectivity index (χ0v) is 23.2. The van der Waals surface area contributed by atoms with Gasteiger partial charge in [-0.15, -0.1) is 0 Å². The molecule has 0 unspecified atom stereocenters. The van der Waals surface area contributed by atoms with Crippen LogP contribution < -0.4 is 0 Å². The predicted molar refractivity (Wildman–Crippen MR) is 145 cm³/mol. The largest absolute Gasteiger partial charge is 0.444 e. The molecule has 13 heteroatoms. The number of thioether (sulfide) groups is 1. The number of halogens is 4. The number of alkyl halides is 3. The lowest BCUT2D eigenvalue weighted by atomic mass is 9.93. The highest BCUT2D eigenvalue weighted by molar-refractivity contribution is 8.18. The molecular formula is C27H24ClF3N4O4S. The Morgan fingerprint density at radius 1 is 1.15 bits per heavy atom. The molecule has 5 rings (SSSR count). The number of H-pyrrole nitrogens is 1. The quantitative estimate of drug-likeness (QED) is 0.347. The zero-order chi connectivity index (χ0) is 29.0. The highest BCUT2D eigenvalue weighted by atomic mass is 35.5. The van der Waals surface area contributed by atoms with Crippen LogP contribution in [0.5, 0.6) is 0 Å². The Morgan fingerprint density at radius 2 is 1.88 bits per heavy atom. The Labute approximate surface area is 236 Å². The summed E-state index contributed by atoms with van der Waals surface area (Å²) < 4.78 is 47.1. The van der Waals surface area contributed by atoms with Gasteiger partial charge in [-0.05, 0) is 79.9 Å². The molecule has 0 spiro atoms. The molecule has 2 aliphatic heterocycles. The number of rotatable bonds is 4. The molecule has 0 bridgehead atoms. The van der Waals surface area contributed by atoms with E-state index in [1.807, 2.05) is 0 Å². The molecule has 2 fully saturated rings. The Balaban J connectivity index is 1.51. The first-order valence-electron chi connectivity index (χ1n) is 12.3. The molecule has 2 aromatic carbocycles. The van der Waals surface area contributed by atoms with E-state index in [-0.39, 0.29) is 40.6 Å². The maximum absolute atomic E-state index is 13.9. The number of allylic oxidation sites excluding steroid dienone is 1. The highest BCUT2D eigenvalue weighted by Crippen LogP contribution is 2.42. The fourth-order valence-electron chi connectivity index (χ4n) is 4.57. The minimum Gasteiger partial charge on any atom is -0.444 e. The van der Waals surface area contributed by atoms with Crippen molar-refractivity contribution in [2.24, 2.45) is 0 Å². The number of fused-ring (bicyclic) bond motifs is 1. The molecule has 0 radical (unpaired) electrons. The third-order valence-corrected chi connectivity index (χ3v) is 7.72. The number of nitrogens with zero attached hydrogens (tertiary/aromatic N) is 3. The van der Waals surface area contributed by atoms with Crippen molar-refractivity contribution in [3.63, 3.8) is 0 Å². The van der Waals surface area contributed by atoms with Crippen LogP contribution >= 0.6 is 23.4 Å². The second-order valence-electron chi connectivity index (χ2n) is 10.5. The number of amides is 3. The van der Waals surface area contributed by atoms with Gasteiger partial charge in [0.15, 0.2) is 0 Å². The molecule has 210 valence electrons. The number of carbonyl (C=O) groups excluding carboxylic acids is 3. The van der Waals surface area contributed by atoms with Crippen LogP contribution in [0, 0.1) is 0 Å². The van der Waals surface area contributed by atoms with E-state index in [2.05, 4.69) is 10.2 Å². The summed E-state index contributed by atoms with van der Waals surface area (Å²) in [6.45, 7) is 5.40. The van der Waals surface area contributed by atoms with E-state index in [0.29, 0.717) is 28.2 Å². The minimum atomic E-state index is -4.68. The average molecular weight is 593 g/mol. The van der Waals surface area contributed by atoms with Crippen molar-refractivity contribution in [2.45, 2.75) is 45.0 Å². The van der Waals surface area contributed by atoms with E-state index in [1.54, 1.807) is 45.2 Å². The molecule has 0 aliphatic carbocycles. The van der Waals surface area contributed by atoms with E-state index in [9.17, 15) is 27.6 Å².